The summed E-state index contributed by atoms with van der Waals surface area (Å²) in [5.41, 5.74) is 13.4. The van der Waals surface area contributed by atoms with E-state index < -0.39 is 5.97 Å². The fourth-order valence-electron chi connectivity index (χ4n) is 4.64. The molecule has 1 aliphatic rings. The van der Waals surface area contributed by atoms with E-state index >= 15 is 0 Å². The molecule has 0 unspecified atom stereocenters. The maximum atomic E-state index is 11.3. The molecule has 180 valence electrons. The van der Waals surface area contributed by atoms with Crippen molar-refractivity contribution in [3.8, 4) is 16.9 Å². The summed E-state index contributed by atoms with van der Waals surface area (Å²) in [6.45, 7) is 5.00. The molecule has 0 saturated heterocycles. The third-order valence-electron chi connectivity index (χ3n) is 6.58. The topological polar surface area (TPSA) is 90.4 Å². The van der Waals surface area contributed by atoms with Gasteiger partial charge in [-0.25, -0.2) is 0 Å². The smallest absolute Gasteiger partial charge is 0.307 e. The Hall–Kier alpha value is -3.64. The third-order valence-corrected chi connectivity index (χ3v) is 6.58. The molecule has 1 saturated carbocycles. The molecule has 0 amide bonds. The molecule has 35 heavy (non-hydrogen) atoms. The lowest BCUT2D eigenvalue weighted by atomic mass is 9.96. The average molecular weight is 470 g/mol. The Morgan fingerprint density at radius 3 is 2.63 bits per heavy atom. The van der Waals surface area contributed by atoms with Crippen molar-refractivity contribution in [3.63, 3.8) is 0 Å². The van der Waals surface area contributed by atoms with Crippen molar-refractivity contribution in [2.75, 3.05) is 0 Å². The molecule has 0 bridgehead atoms. The van der Waals surface area contributed by atoms with Gasteiger partial charge in [0.25, 0.3) is 0 Å². The van der Waals surface area contributed by atoms with Crippen LogP contribution >= 0.6 is 0 Å². The molecule has 4 aromatic rings. The highest BCUT2D eigenvalue weighted by atomic mass is 16.5. The van der Waals surface area contributed by atoms with Crippen LogP contribution in [0.4, 0.5) is 0 Å². The van der Waals surface area contributed by atoms with Crippen molar-refractivity contribution in [3.05, 3.63) is 83.0 Å². The lowest BCUT2D eigenvalue weighted by molar-refractivity contribution is -0.136. The van der Waals surface area contributed by atoms with Crippen LogP contribution in [0.2, 0.25) is 0 Å². The maximum Gasteiger partial charge on any atom is 0.307 e. The zero-order valence-electron chi connectivity index (χ0n) is 20.2. The number of carbonyl (C=O) groups is 1. The molecule has 1 aliphatic carbocycles. The van der Waals surface area contributed by atoms with Crippen molar-refractivity contribution in [1.29, 1.82) is 0 Å². The molecule has 0 aliphatic heterocycles. The number of hydrogen-bond acceptors (Lipinski definition) is 4. The van der Waals surface area contributed by atoms with E-state index in [-0.39, 0.29) is 19.1 Å². The number of aromatic nitrogens is 2. The monoisotopic (exact) mass is 469 g/mol. The van der Waals surface area contributed by atoms with Gasteiger partial charge in [-0.1, -0.05) is 36.4 Å². The van der Waals surface area contributed by atoms with Crippen LogP contribution in [0.3, 0.4) is 0 Å². The van der Waals surface area contributed by atoms with Gasteiger partial charge in [0.15, 0.2) is 0 Å². The Balaban J connectivity index is 1.52. The van der Waals surface area contributed by atoms with Gasteiger partial charge in [0.2, 0.25) is 0 Å². The molecule has 6 nitrogen and oxygen atoms in total. The first-order chi connectivity index (χ1) is 16.9. The zero-order valence-corrected chi connectivity index (χ0v) is 20.2. The SMILES string of the molecule is CC(C)n1nc(COc2ccccc2CC(=O)O)c2cc(-c3cc(CN)cc(C4CC4)c3)ccc21. The highest BCUT2D eigenvalue weighted by Gasteiger charge is 2.24. The Morgan fingerprint density at radius 1 is 1.11 bits per heavy atom. The second-order valence-corrected chi connectivity index (χ2v) is 9.63. The van der Waals surface area contributed by atoms with Gasteiger partial charge in [-0.15, -0.1) is 0 Å². The number of carboxylic acid groups (broad SMARTS) is 1. The van der Waals surface area contributed by atoms with Crippen LogP contribution in [0.1, 0.15) is 61.0 Å². The second-order valence-electron chi connectivity index (χ2n) is 9.63. The highest BCUT2D eigenvalue weighted by molar-refractivity contribution is 5.87. The van der Waals surface area contributed by atoms with E-state index in [4.69, 9.17) is 15.6 Å². The standard InChI is InChI=1S/C29H31N3O3/c1-18(2)32-27-10-9-21(24-12-19(16-30)11-23(13-24)20-7-8-20)14-25(27)26(31-32)17-35-28-6-4-3-5-22(28)15-29(33)34/h3-6,9-14,18,20H,7-8,15-17,30H2,1-2H3,(H,33,34). The lowest BCUT2D eigenvalue weighted by Crippen LogP contribution is -2.06. The summed E-state index contributed by atoms with van der Waals surface area (Å²) in [7, 11) is 0. The molecular weight excluding hydrogens is 438 g/mol. The van der Waals surface area contributed by atoms with Crippen LogP contribution in [-0.2, 0) is 24.4 Å². The molecule has 3 aromatic carbocycles. The normalized spacial score (nSPS) is 13.5. The predicted molar refractivity (Wildman–Crippen MR) is 138 cm³/mol. The first-order valence-electron chi connectivity index (χ1n) is 12.2. The maximum absolute atomic E-state index is 11.3. The van der Waals surface area contributed by atoms with Crippen molar-refractivity contribution < 1.29 is 14.6 Å². The molecular formula is C29H31N3O3. The number of hydrogen-bond donors (Lipinski definition) is 2. The second kappa shape index (κ2) is 9.55. The first kappa shape index (κ1) is 23.1. The van der Waals surface area contributed by atoms with Gasteiger partial charge in [0, 0.05) is 23.5 Å². The van der Waals surface area contributed by atoms with Crippen molar-refractivity contribution in [2.45, 2.75) is 58.2 Å². The van der Waals surface area contributed by atoms with Gasteiger partial charge in [0.1, 0.15) is 18.1 Å². The van der Waals surface area contributed by atoms with Crippen molar-refractivity contribution >= 4 is 16.9 Å². The fraction of sp³-hybridized carbons (Fsp3) is 0.310. The van der Waals surface area contributed by atoms with Gasteiger partial charge in [-0.2, -0.15) is 5.10 Å². The van der Waals surface area contributed by atoms with Gasteiger partial charge in [-0.3, -0.25) is 9.48 Å². The van der Waals surface area contributed by atoms with Crippen LogP contribution in [0.5, 0.6) is 5.75 Å². The number of nitrogens with two attached hydrogens (primary N) is 1. The van der Waals surface area contributed by atoms with Crippen LogP contribution in [0.25, 0.3) is 22.0 Å². The summed E-state index contributed by atoms with van der Waals surface area (Å²) >= 11 is 0. The summed E-state index contributed by atoms with van der Waals surface area (Å²) in [5, 5.41) is 15.2. The third kappa shape index (κ3) is 4.93. The van der Waals surface area contributed by atoms with Crippen LogP contribution in [0, 0.1) is 0 Å². The summed E-state index contributed by atoms with van der Waals surface area (Å²) in [4.78, 5) is 11.3. The number of benzene rings is 3. The number of nitrogens with zero attached hydrogens (tertiary/aromatic N) is 2. The summed E-state index contributed by atoms with van der Waals surface area (Å²) in [6, 6.07) is 20.7. The van der Waals surface area contributed by atoms with E-state index in [0.29, 0.717) is 23.8 Å². The first-order valence-corrected chi connectivity index (χ1v) is 12.2. The number of aliphatic carboxylic acids is 1. The largest absolute Gasteiger partial charge is 0.487 e. The Morgan fingerprint density at radius 2 is 1.91 bits per heavy atom. The summed E-state index contributed by atoms with van der Waals surface area (Å²) in [6.07, 6.45) is 2.42. The zero-order chi connectivity index (χ0) is 24.5. The van der Waals surface area contributed by atoms with Crippen LogP contribution in [-0.4, -0.2) is 20.9 Å². The van der Waals surface area contributed by atoms with Gasteiger partial charge in [-0.05, 0) is 79.1 Å². The minimum atomic E-state index is -0.884. The van der Waals surface area contributed by atoms with Gasteiger partial charge >= 0.3 is 5.97 Å². The van der Waals surface area contributed by atoms with E-state index in [1.807, 2.05) is 22.9 Å². The van der Waals surface area contributed by atoms with E-state index in [1.54, 1.807) is 6.07 Å². The predicted octanol–water partition coefficient (Wildman–Crippen LogP) is 5.83. The minimum absolute atomic E-state index is 0.0810. The van der Waals surface area contributed by atoms with Gasteiger partial charge in [0.05, 0.1) is 11.9 Å². The van der Waals surface area contributed by atoms with Crippen LogP contribution < -0.4 is 10.5 Å². The van der Waals surface area contributed by atoms with E-state index in [1.165, 1.54) is 24.0 Å². The minimum Gasteiger partial charge on any atom is -0.487 e. The van der Waals surface area contributed by atoms with E-state index in [2.05, 4.69) is 50.2 Å². The number of carboxylic acids is 1. The molecule has 3 N–H and O–H groups in total. The molecule has 0 radical (unpaired) electrons. The summed E-state index contributed by atoms with van der Waals surface area (Å²) in [5.74, 6) is 0.344. The van der Waals surface area contributed by atoms with Gasteiger partial charge < -0.3 is 15.6 Å². The van der Waals surface area contributed by atoms with Crippen molar-refractivity contribution in [2.24, 2.45) is 5.73 Å². The molecule has 1 aromatic heterocycles. The summed E-state index contributed by atoms with van der Waals surface area (Å²) < 4.78 is 8.13. The average Bonchev–Trinajstić information content (AvgIpc) is 3.64. The molecule has 5 rings (SSSR count). The Bertz CT molecular complexity index is 1390. The number of ether oxygens (including phenoxy) is 1. The van der Waals surface area contributed by atoms with Crippen LogP contribution in [0.15, 0.2) is 60.7 Å². The molecule has 6 heteroatoms. The Labute approximate surface area is 205 Å². The number of para-hydroxylation sites is 1. The number of fused-ring (bicyclic) bond motifs is 1. The quantitative estimate of drug-likeness (QED) is 0.322. The fourth-order valence-corrected chi connectivity index (χ4v) is 4.64. The highest BCUT2D eigenvalue weighted by Crippen LogP contribution is 2.42. The lowest BCUT2D eigenvalue weighted by Gasteiger charge is -2.11. The van der Waals surface area contributed by atoms with E-state index in [9.17, 15) is 9.90 Å². The van der Waals surface area contributed by atoms with E-state index in [0.717, 1.165) is 27.7 Å². The molecule has 0 atom stereocenters. The molecule has 0 spiro atoms. The Kier molecular flexibility index (Phi) is 6.31. The van der Waals surface area contributed by atoms with Crippen molar-refractivity contribution in [1.82, 2.24) is 9.78 Å². The number of rotatable bonds is 9. The molecule has 1 fully saturated rings. The molecule has 1 heterocycles.